The molecule has 1 aliphatic carbocycles. The van der Waals surface area contributed by atoms with E-state index in [1.54, 1.807) is 4.90 Å². The van der Waals surface area contributed by atoms with Gasteiger partial charge in [-0.2, -0.15) is 0 Å². The molecule has 1 N–H and O–H groups in total. The Labute approximate surface area is 119 Å². The van der Waals surface area contributed by atoms with Crippen molar-refractivity contribution in [2.75, 3.05) is 11.4 Å². The highest BCUT2D eigenvalue weighted by Crippen LogP contribution is 2.32. The maximum absolute atomic E-state index is 12.7. The zero-order chi connectivity index (χ0) is 14.5. The molecule has 0 heterocycles. The summed E-state index contributed by atoms with van der Waals surface area (Å²) in [6.07, 6.45) is 3.13. The second kappa shape index (κ2) is 6.55. The average Bonchev–Trinajstić information content (AvgIpc) is 2.49. The van der Waals surface area contributed by atoms with E-state index in [2.05, 4.69) is 0 Å². The van der Waals surface area contributed by atoms with Crippen LogP contribution in [0.5, 0.6) is 0 Å². The van der Waals surface area contributed by atoms with Crippen molar-refractivity contribution in [3.8, 4) is 0 Å². The summed E-state index contributed by atoms with van der Waals surface area (Å²) in [7, 11) is 0. The summed E-state index contributed by atoms with van der Waals surface area (Å²) < 4.78 is 0. The Morgan fingerprint density at radius 3 is 2.30 bits per heavy atom. The van der Waals surface area contributed by atoms with Crippen LogP contribution in [0.25, 0.3) is 0 Å². The SMILES string of the molecule is CCN(C(=O)[C@@H]1CCCC[C@@H]1C(=O)O)c1ccccc1. The van der Waals surface area contributed by atoms with Crippen LogP contribution in [-0.2, 0) is 9.59 Å². The molecule has 4 nitrogen and oxygen atoms in total. The highest BCUT2D eigenvalue weighted by atomic mass is 16.4. The van der Waals surface area contributed by atoms with E-state index in [1.807, 2.05) is 37.3 Å². The summed E-state index contributed by atoms with van der Waals surface area (Å²) in [5, 5.41) is 9.31. The molecule has 0 aromatic heterocycles. The summed E-state index contributed by atoms with van der Waals surface area (Å²) in [4.78, 5) is 25.8. The van der Waals surface area contributed by atoms with Crippen LogP contribution in [0.15, 0.2) is 30.3 Å². The van der Waals surface area contributed by atoms with E-state index in [0.29, 0.717) is 19.4 Å². The minimum Gasteiger partial charge on any atom is -0.481 e. The Morgan fingerprint density at radius 2 is 1.75 bits per heavy atom. The minimum atomic E-state index is -0.841. The highest BCUT2D eigenvalue weighted by molar-refractivity contribution is 5.97. The van der Waals surface area contributed by atoms with E-state index in [-0.39, 0.29) is 11.8 Å². The Bertz CT molecular complexity index is 472. The van der Waals surface area contributed by atoms with Gasteiger partial charge in [0.05, 0.1) is 11.8 Å². The monoisotopic (exact) mass is 275 g/mol. The van der Waals surface area contributed by atoms with Crippen LogP contribution in [0.4, 0.5) is 5.69 Å². The average molecular weight is 275 g/mol. The van der Waals surface area contributed by atoms with Gasteiger partial charge in [-0.3, -0.25) is 9.59 Å². The summed E-state index contributed by atoms with van der Waals surface area (Å²) in [6, 6.07) is 9.46. The maximum Gasteiger partial charge on any atom is 0.307 e. The number of para-hydroxylation sites is 1. The molecule has 1 aromatic rings. The molecule has 4 heteroatoms. The van der Waals surface area contributed by atoms with Gasteiger partial charge < -0.3 is 10.0 Å². The Kier molecular flexibility index (Phi) is 4.77. The number of hydrogen-bond donors (Lipinski definition) is 1. The third-order valence-electron chi connectivity index (χ3n) is 4.05. The van der Waals surface area contributed by atoms with E-state index in [9.17, 15) is 14.7 Å². The number of carboxylic acid groups (broad SMARTS) is 1. The number of hydrogen-bond acceptors (Lipinski definition) is 2. The van der Waals surface area contributed by atoms with Gasteiger partial charge in [0.25, 0.3) is 0 Å². The van der Waals surface area contributed by atoms with Crippen LogP contribution in [0.1, 0.15) is 32.6 Å². The van der Waals surface area contributed by atoms with Gasteiger partial charge in [-0.05, 0) is 31.9 Å². The van der Waals surface area contributed by atoms with E-state index in [1.165, 1.54) is 0 Å². The molecular formula is C16H21NO3. The summed E-state index contributed by atoms with van der Waals surface area (Å²) in [5.74, 6) is -1.81. The lowest BCUT2D eigenvalue weighted by Crippen LogP contribution is -2.42. The summed E-state index contributed by atoms with van der Waals surface area (Å²) in [5.41, 5.74) is 0.842. The number of aliphatic carboxylic acids is 1. The van der Waals surface area contributed by atoms with Crippen molar-refractivity contribution in [3.63, 3.8) is 0 Å². The van der Waals surface area contributed by atoms with Gasteiger partial charge in [0.15, 0.2) is 0 Å². The number of carbonyl (C=O) groups is 2. The molecule has 108 valence electrons. The summed E-state index contributed by atoms with van der Waals surface area (Å²) in [6.45, 7) is 2.48. The molecule has 0 unspecified atom stereocenters. The number of nitrogens with zero attached hydrogens (tertiary/aromatic N) is 1. The van der Waals surface area contributed by atoms with E-state index in [0.717, 1.165) is 18.5 Å². The van der Waals surface area contributed by atoms with Crippen molar-refractivity contribution in [1.29, 1.82) is 0 Å². The van der Waals surface area contributed by atoms with Gasteiger partial charge in [-0.1, -0.05) is 31.0 Å². The van der Waals surface area contributed by atoms with Crippen LogP contribution in [-0.4, -0.2) is 23.5 Å². The van der Waals surface area contributed by atoms with Gasteiger partial charge >= 0.3 is 5.97 Å². The molecule has 0 bridgehead atoms. The lowest BCUT2D eigenvalue weighted by molar-refractivity contribution is -0.148. The maximum atomic E-state index is 12.7. The molecule has 0 radical (unpaired) electrons. The lowest BCUT2D eigenvalue weighted by atomic mass is 9.78. The Balaban J connectivity index is 2.21. The van der Waals surface area contributed by atoms with Gasteiger partial charge in [0.2, 0.25) is 5.91 Å². The van der Waals surface area contributed by atoms with Crippen molar-refractivity contribution >= 4 is 17.6 Å². The predicted molar refractivity (Wildman–Crippen MR) is 77.6 cm³/mol. The topological polar surface area (TPSA) is 57.6 Å². The van der Waals surface area contributed by atoms with Crippen molar-refractivity contribution in [1.82, 2.24) is 0 Å². The number of anilines is 1. The van der Waals surface area contributed by atoms with Gasteiger partial charge in [0.1, 0.15) is 0 Å². The number of benzene rings is 1. The first-order valence-electron chi connectivity index (χ1n) is 7.24. The number of amides is 1. The van der Waals surface area contributed by atoms with Crippen molar-refractivity contribution in [2.24, 2.45) is 11.8 Å². The molecule has 20 heavy (non-hydrogen) atoms. The van der Waals surface area contributed by atoms with Crippen LogP contribution in [0.2, 0.25) is 0 Å². The number of carboxylic acids is 1. The lowest BCUT2D eigenvalue weighted by Gasteiger charge is -2.32. The highest BCUT2D eigenvalue weighted by Gasteiger charge is 2.37. The van der Waals surface area contributed by atoms with Crippen molar-refractivity contribution < 1.29 is 14.7 Å². The first-order chi connectivity index (χ1) is 9.65. The first kappa shape index (κ1) is 14.6. The molecule has 1 fully saturated rings. The molecule has 0 spiro atoms. The number of carbonyl (C=O) groups excluding carboxylic acids is 1. The first-order valence-corrected chi connectivity index (χ1v) is 7.24. The molecule has 0 saturated heterocycles. The van der Waals surface area contributed by atoms with Gasteiger partial charge in [-0.25, -0.2) is 0 Å². The van der Waals surface area contributed by atoms with Crippen LogP contribution >= 0.6 is 0 Å². The molecule has 1 aliphatic rings. The molecule has 0 aliphatic heterocycles. The minimum absolute atomic E-state index is 0.0502. The van der Waals surface area contributed by atoms with Crippen LogP contribution in [0.3, 0.4) is 0 Å². The molecule has 2 rings (SSSR count). The fraction of sp³-hybridized carbons (Fsp3) is 0.500. The zero-order valence-corrected chi connectivity index (χ0v) is 11.8. The second-order valence-corrected chi connectivity index (χ2v) is 5.25. The molecular weight excluding hydrogens is 254 g/mol. The fourth-order valence-corrected chi connectivity index (χ4v) is 3.00. The van der Waals surface area contributed by atoms with E-state index < -0.39 is 11.9 Å². The number of rotatable bonds is 4. The standard InChI is InChI=1S/C16H21NO3/c1-2-17(12-8-4-3-5-9-12)15(18)13-10-6-7-11-14(13)16(19)20/h3-5,8-9,13-14H,2,6-7,10-11H2,1H3,(H,19,20)/t13-,14+/m1/s1. The quantitative estimate of drug-likeness (QED) is 0.919. The molecule has 1 aromatic carbocycles. The second-order valence-electron chi connectivity index (χ2n) is 5.25. The van der Waals surface area contributed by atoms with Gasteiger partial charge in [-0.15, -0.1) is 0 Å². The van der Waals surface area contributed by atoms with Gasteiger partial charge in [0, 0.05) is 12.2 Å². The predicted octanol–water partition coefficient (Wildman–Crippen LogP) is 2.93. The third-order valence-corrected chi connectivity index (χ3v) is 4.05. The molecule has 1 amide bonds. The Hall–Kier alpha value is -1.84. The summed E-state index contributed by atoms with van der Waals surface area (Å²) >= 11 is 0. The van der Waals surface area contributed by atoms with Crippen LogP contribution < -0.4 is 4.90 Å². The van der Waals surface area contributed by atoms with Crippen LogP contribution in [0, 0.1) is 11.8 Å². The normalized spacial score (nSPS) is 22.2. The fourth-order valence-electron chi connectivity index (χ4n) is 3.00. The smallest absolute Gasteiger partial charge is 0.307 e. The van der Waals surface area contributed by atoms with Crippen molar-refractivity contribution in [2.45, 2.75) is 32.6 Å². The van der Waals surface area contributed by atoms with E-state index in [4.69, 9.17) is 0 Å². The third kappa shape index (κ3) is 3.00. The molecule has 2 atom stereocenters. The van der Waals surface area contributed by atoms with E-state index >= 15 is 0 Å². The molecule has 1 saturated carbocycles. The van der Waals surface area contributed by atoms with Crippen molar-refractivity contribution in [3.05, 3.63) is 30.3 Å². The Morgan fingerprint density at radius 1 is 1.15 bits per heavy atom. The largest absolute Gasteiger partial charge is 0.481 e. The zero-order valence-electron chi connectivity index (χ0n) is 11.8.